The van der Waals surface area contributed by atoms with Crippen LogP contribution in [0.4, 0.5) is 16.2 Å². The molecule has 0 amide bonds. The molecular formula is C24H26FN9O. The lowest BCUT2D eigenvalue weighted by Gasteiger charge is -2.38. The molecule has 1 saturated carbocycles. The van der Waals surface area contributed by atoms with Gasteiger partial charge < -0.3 is 10.2 Å². The van der Waals surface area contributed by atoms with Gasteiger partial charge in [0, 0.05) is 25.6 Å². The van der Waals surface area contributed by atoms with Crippen molar-refractivity contribution >= 4 is 17.5 Å². The van der Waals surface area contributed by atoms with E-state index in [4.69, 9.17) is 5.41 Å². The molecule has 0 bridgehead atoms. The largest absolute Gasteiger partial charge is 0.363 e. The van der Waals surface area contributed by atoms with Gasteiger partial charge in [-0.25, -0.2) is 14.4 Å². The second kappa shape index (κ2) is 10.4. The standard InChI is InChI=1S/C24H26FN9O/c1-14(16-7-8-17(11-25)30-13-16)31-21-19(18(27)12-26)23(35)33-24(32-21)34(2)20(15-5-3-6-15)22-28-9-4-10-29-22/h4,7-10,13-15,20,27H,3,5-6,11H2,1-2H3,(H2,31,32,33,35). The SMILES string of the molecule is CC(Nc1nc(N(C)C(c2ncccn2)C2CCC2)[nH]c(=O)c1C(=N)C#N)c1ccc(CF)nc1. The Balaban J connectivity index is 1.72. The van der Waals surface area contributed by atoms with E-state index in [1.807, 2.05) is 18.9 Å². The van der Waals surface area contributed by atoms with Gasteiger partial charge in [-0.15, -0.1) is 0 Å². The smallest absolute Gasteiger partial charge is 0.264 e. The van der Waals surface area contributed by atoms with E-state index in [1.54, 1.807) is 42.9 Å². The van der Waals surface area contributed by atoms with E-state index in [0.29, 0.717) is 17.4 Å². The van der Waals surface area contributed by atoms with Crippen LogP contribution in [0, 0.1) is 22.7 Å². The van der Waals surface area contributed by atoms with Crippen molar-refractivity contribution in [3.63, 3.8) is 0 Å². The fraction of sp³-hybridized carbons (Fsp3) is 0.375. The number of aromatic amines is 1. The van der Waals surface area contributed by atoms with Gasteiger partial charge in [0.2, 0.25) is 5.95 Å². The first-order valence-corrected chi connectivity index (χ1v) is 11.3. The van der Waals surface area contributed by atoms with E-state index in [9.17, 15) is 14.4 Å². The van der Waals surface area contributed by atoms with Crippen LogP contribution in [0.3, 0.4) is 0 Å². The van der Waals surface area contributed by atoms with Crippen molar-refractivity contribution in [2.75, 3.05) is 17.3 Å². The Hall–Kier alpha value is -4.20. The van der Waals surface area contributed by atoms with Crippen LogP contribution in [-0.2, 0) is 6.67 Å². The summed E-state index contributed by atoms with van der Waals surface area (Å²) in [5, 5.41) is 20.5. The number of H-pyrrole nitrogens is 1. The second-order valence-electron chi connectivity index (χ2n) is 8.54. The molecule has 3 aromatic heterocycles. The maximum absolute atomic E-state index is 13.0. The summed E-state index contributed by atoms with van der Waals surface area (Å²) in [6.45, 7) is 1.16. The van der Waals surface area contributed by atoms with Crippen molar-refractivity contribution in [1.29, 1.82) is 10.7 Å². The van der Waals surface area contributed by atoms with Crippen LogP contribution >= 0.6 is 0 Å². The average molecular weight is 476 g/mol. The van der Waals surface area contributed by atoms with Gasteiger partial charge in [0.05, 0.1) is 17.8 Å². The molecule has 3 heterocycles. The summed E-state index contributed by atoms with van der Waals surface area (Å²) in [4.78, 5) is 35.2. The summed E-state index contributed by atoms with van der Waals surface area (Å²) < 4.78 is 12.8. The molecule has 3 N–H and O–H groups in total. The van der Waals surface area contributed by atoms with Crippen molar-refractivity contribution in [2.24, 2.45) is 5.92 Å². The van der Waals surface area contributed by atoms with Crippen LogP contribution in [0.5, 0.6) is 0 Å². The first-order valence-electron chi connectivity index (χ1n) is 11.3. The number of aromatic nitrogens is 5. The molecule has 2 unspecified atom stereocenters. The van der Waals surface area contributed by atoms with E-state index >= 15 is 0 Å². The van der Waals surface area contributed by atoms with Crippen molar-refractivity contribution in [1.82, 2.24) is 24.9 Å². The number of nitrogens with zero attached hydrogens (tertiary/aromatic N) is 6. The van der Waals surface area contributed by atoms with Gasteiger partial charge in [-0.2, -0.15) is 10.2 Å². The van der Waals surface area contributed by atoms with E-state index < -0.39 is 17.9 Å². The van der Waals surface area contributed by atoms with Gasteiger partial charge in [0.1, 0.15) is 29.8 Å². The van der Waals surface area contributed by atoms with Crippen LogP contribution in [0.2, 0.25) is 0 Å². The second-order valence-corrected chi connectivity index (χ2v) is 8.54. The third-order valence-corrected chi connectivity index (χ3v) is 6.30. The minimum atomic E-state index is -0.663. The Morgan fingerprint density at radius 3 is 2.66 bits per heavy atom. The summed E-state index contributed by atoms with van der Waals surface area (Å²) in [5.74, 6) is 1.32. The predicted molar refractivity (Wildman–Crippen MR) is 129 cm³/mol. The molecule has 11 heteroatoms. The number of pyridine rings is 1. The van der Waals surface area contributed by atoms with E-state index in [0.717, 1.165) is 24.8 Å². The zero-order valence-electron chi connectivity index (χ0n) is 19.5. The minimum Gasteiger partial charge on any atom is -0.363 e. The van der Waals surface area contributed by atoms with Gasteiger partial charge >= 0.3 is 0 Å². The maximum Gasteiger partial charge on any atom is 0.264 e. The molecule has 35 heavy (non-hydrogen) atoms. The van der Waals surface area contributed by atoms with Gasteiger partial charge in [-0.05, 0) is 43.4 Å². The van der Waals surface area contributed by atoms with Crippen LogP contribution < -0.4 is 15.8 Å². The Morgan fingerprint density at radius 1 is 1.34 bits per heavy atom. The lowest BCUT2D eigenvalue weighted by molar-refractivity contribution is 0.250. The van der Waals surface area contributed by atoms with Crippen molar-refractivity contribution in [3.8, 4) is 6.07 Å². The molecule has 4 rings (SSSR count). The first-order chi connectivity index (χ1) is 16.9. The molecule has 1 aliphatic rings. The Morgan fingerprint density at radius 2 is 2.09 bits per heavy atom. The zero-order chi connectivity index (χ0) is 24.9. The number of anilines is 2. The first kappa shape index (κ1) is 23.9. The molecule has 1 aliphatic carbocycles. The number of nitriles is 1. The summed E-state index contributed by atoms with van der Waals surface area (Å²) in [6.07, 6.45) is 8.06. The molecule has 10 nitrogen and oxygen atoms in total. The molecule has 2 atom stereocenters. The number of hydrogen-bond donors (Lipinski definition) is 3. The number of alkyl halides is 1. The highest BCUT2D eigenvalue weighted by Gasteiger charge is 2.35. The topological polar surface area (TPSA) is 147 Å². The molecule has 3 aromatic rings. The van der Waals surface area contributed by atoms with E-state index in [2.05, 4.69) is 30.2 Å². The highest BCUT2D eigenvalue weighted by Crippen LogP contribution is 2.40. The summed E-state index contributed by atoms with van der Waals surface area (Å²) in [5.41, 5.74) is -0.207. The number of hydrogen-bond acceptors (Lipinski definition) is 9. The molecule has 0 spiro atoms. The minimum absolute atomic E-state index is 0.102. The molecule has 0 aromatic carbocycles. The molecular weight excluding hydrogens is 449 g/mol. The lowest BCUT2D eigenvalue weighted by atomic mass is 9.79. The van der Waals surface area contributed by atoms with Crippen molar-refractivity contribution < 1.29 is 4.39 Å². The van der Waals surface area contributed by atoms with Crippen LogP contribution in [0.15, 0.2) is 41.6 Å². The van der Waals surface area contributed by atoms with Crippen LogP contribution in [-0.4, -0.2) is 37.7 Å². The van der Waals surface area contributed by atoms with Gasteiger partial charge in [-0.3, -0.25) is 20.2 Å². The third kappa shape index (κ3) is 5.01. The third-order valence-electron chi connectivity index (χ3n) is 6.30. The van der Waals surface area contributed by atoms with Crippen LogP contribution in [0.1, 0.15) is 60.9 Å². The lowest BCUT2D eigenvalue weighted by Crippen LogP contribution is -2.37. The Bertz CT molecular complexity index is 1280. The van der Waals surface area contributed by atoms with Crippen molar-refractivity contribution in [2.45, 2.75) is 44.9 Å². The zero-order valence-corrected chi connectivity index (χ0v) is 19.5. The average Bonchev–Trinajstić information content (AvgIpc) is 2.85. The predicted octanol–water partition coefficient (Wildman–Crippen LogP) is 3.47. The molecule has 0 aliphatic heterocycles. The number of nitrogens with one attached hydrogen (secondary N) is 3. The monoisotopic (exact) mass is 475 g/mol. The highest BCUT2D eigenvalue weighted by atomic mass is 19.1. The van der Waals surface area contributed by atoms with Crippen LogP contribution in [0.25, 0.3) is 0 Å². The van der Waals surface area contributed by atoms with Gasteiger partial charge in [0.15, 0.2) is 5.82 Å². The summed E-state index contributed by atoms with van der Waals surface area (Å²) in [6, 6.07) is 6.21. The Labute approximate surface area is 201 Å². The van der Waals surface area contributed by atoms with Crippen molar-refractivity contribution in [3.05, 3.63) is 69.8 Å². The highest BCUT2D eigenvalue weighted by molar-refractivity contribution is 6.12. The summed E-state index contributed by atoms with van der Waals surface area (Å²) >= 11 is 0. The molecule has 180 valence electrons. The molecule has 1 fully saturated rings. The fourth-order valence-corrected chi connectivity index (χ4v) is 4.13. The molecule has 0 radical (unpaired) electrons. The van der Waals surface area contributed by atoms with E-state index in [-0.39, 0.29) is 29.4 Å². The number of rotatable bonds is 9. The fourth-order valence-electron chi connectivity index (χ4n) is 4.13. The summed E-state index contributed by atoms with van der Waals surface area (Å²) in [7, 11) is 1.82. The quantitative estimate of drug-likeness (QED) is 0.399. The Kier molecular flexibility index (Phi) is 7.10. The normalized spacial score (nSPS) is 14.9. The van der Waals surface area contributed by atoms with Gasteiger partial charge in [0.25, 0.3) is 5.56 Å². The van der Waals surface area contributed by atoms with E-state index in [1.165, 1.54) is 0 Å². The number of halogens is 1. The molecule has 0 saturated heterocycles. The van der Waals surface area contributed by atoms with Gasteiger partial charge in [-0.1, -0.05) is 12.5 Å². The maximum atomic E-state index is 13.0.